The third-order valence-corrected chi connectivity index (χ3v) is 2.95. The van der Waals surface area contributed by atoms with Crippen LogP contribution in [0.5, 0.6) is 0 Å². The van der Waals surface area contributed by atoms with Crippen molar-refractivity contribution in [3.63, 3.8) is 0 Å². The van der Waals surface area contributed by atoms with E-state index < -0.39 is 0 Å². The highest BCUT2D eigenvalue weighted by Crippen LogP contribution is 2.27. The molecule has 2 rings (SSSR count). The molecule has 0 aromatic heterocycles. The van der Waals surface area contributed by atoms with E-state index in [4.69, 9.17) is 0 Å². The van der Waals surface area contributed by atoms with Gasteiger partial charge in [-0.1, -0.05) is 6.42 Å². The van der Waals surface area contributed by atoms with Crippen molar-refractivity contribution in [2.75, 3.05) is 10.6 Å². The Kier molecular flexibility index (Phi) is 3.42. The van der Waals surface area contributed by atoms with Gasteiger partial charge >= 0.3 is 0 Å². The molecule has 0 atom stereocenters. The summed E-state index contributed by atoms with van der Waals surface area (Å²) >= 11 is 0. The molecule has 1 aromatic rings. The quantitative estimate of drug-likeness (QED) is 0.840. The summed E-state index contributed by atoms with van der Waals surface area (Å²) in [5.74, 6) is 0.185. The van der Waals surface area contributed by atoms with Crippen molar-refractivity contribution in [2.24, 2.45) is 5.92 Å². The van der Waals surface area contributed by atoms with Crippen LogP contribution in [-0.2, 0) is 9.59 Å². The number of carbonyl (C=O) groups is 2. The van der Waals surface area contributed by atoms with Crippen molar-refractivity contribution >= 4 is 23.2 Å². The first kappa shape index (κ1) is 11.6. The molecule has 90 valence electrons. The lowest BCUT2D eigenvalue weighted by molar-refractivity contribution is -0.122. The summed E-state index contributed by atoms with van der Waals surface area (Å²) < 4.78 is 0. The van der Waals surface area contributed by atoms with Crippen LogP contribution in [0.4, 0.5) is 11.4 Å². The van der Waals surface area contributed by atoms with Gasteiger partial charge in [-0.15, -0.1) is 0 Å². The van der Waals surface area contributed by atoms with E-state index in [9.17, 15) is 9.59 Å². The Hall–Kier alpha value is -1.84. The van der Waals surface area contributed by atoms with Crippen molar-refractivity contribution in [2.45, 2.75) is 26.2 Å². The van der Waals surface area contributed by atoms with E-state index >= 15 is 0 Å². The van der Waals surface area contributed by atoms with Gasteiger partial charge in [0.2, 0.25) is 11.8 Å². The maximum Gasteiger partial charge on any atom is 0.227 e. The van der Waals surface area contributed by atoms with E-state index in [1.807, 2.05) is 0 Å². The van der Waals surface area contributed by atoms with E-state index in [-0.39, 0.29) is 17.7 Å². The molecular weight excluding hydrogens is 216 g/mol. The Bertz CT molecular complexity index is 422. The number of nitrogens with one attached hydrogen (secondary N) is 2. The molecule has 0 bridgehead atoms. The molecule has 0 radical (unpaired) electrons. The van der Waals surface area contributed by atoms with Gasteiger partial charge in [0, 0.05) is 24.2 Å². The molecule has 0 spiro atoms. The first-order chi connectivity index (χ1) is 8.15. The van der Waals surface area contributed by atoms with Crippen molar-refractivity contribution in [1.29, 1.82) is 0 Å². The van der Waals surface area contributed by atoms with Gasteiger partial charge in [-0.2, -0.15) is 0 Å². The molecule has 0 heterocycles. The third-order valence-electron chi connectivity index (χ3n) is 2.95. The molecule has 2 amide bonds. The van der Waals surface area contributed by atoms with Crippen molar-refractivity contribution < 1.29 is 9.59 Å². The van der Waals surface area contributed by atoms with Gasteiger partial charge < -0.3 is 10.6 Å². The van der Waals surface area contributed by atoms with Crippen molar-refractivity contribution in [3.05, 3.63) is 24.3 Å². The zero-order valence-corrected chi connectivity index (χ0v) is 9.82. The highest BCUT2D eigenvalue weighted by atomic mass is 16.2. The fourth-order valence-corrected chi connectivity index (χ4v) is 1.75. The molecule has 1 aliphatic carbocycles. The molecule has 2 N–H and O–H groups in total. The molecule has 1 aromatic carbocycles. The van der Waals surface area contributed by atoms with E-state index in [2.05, 4.69) is 10.6 Å². The van der Waals surface area contributed by atoms with Gasteiger partial charge in [0.1, 0.15) is 0 Å². The summed E-state index contributed by atoms with van der Waals surface area (Å²) in [5, 5.41) is 5.55. The number of hydrogen-bond acceptors (Lipinski definition) is 2. The van der Waals surface area contributed by atoms with Crippen LogP contribution in [-0.4, -0.2) is 11.8 Å². The summed E-state index contributed by atoms with van der Waals surface area (Å²) in [7, 11) is 0. The van der Waals surface area contributed by atoms with E-state index in [0.717, 1.165) is 30.6 Å². The Morgan fingerprint density at radius 2 is 1.59 bits per heavy atom. The first-order valence-electron chi connectivity index (χ1n) is 5.83. The Labute approximate surface area is 100 Å². The van der Waals surface area contributed by atoms with Crippen molar-refractivity contribution in [3.8, 4) is 0 Å². The first-order valence-corrected chi connectivity index (χ1v) is 5.83. The molecule has 0 saturated heterocycles. The Morgan fingerprint density at radius 1 is 1.06 bits per heavy atom. The maximum atomic E-state index is 11.7. The minimum absolute atomic E-state index is 0.100. The number of carbonyl (C=O) groups excluding carboxylic acids is 2. The number of amides is 2. The van der Waals surface area contributed by atoms with Crippen LogP contribution >= 0.6 is 0 Å². The molecule has 17 heavy (non-hydrogen) atoms. The average Bonchev–Trinajstić information content (AvgIpc) is 2.17. The Balaban J connectivity index is 1.93. The minimum atomic E-state index is -0.101. The van der Waals surface area contributed by atoms with Crippen LogP contribution < -0.4 is 10.6 Å². The molecular formula is C13H16N2O2. The van der Waals surface area contributed by atoms with Crippen molar-refractivity contribution in [1.82, 2.24) is 0 Å². The van der Waals surface area contributed by atoms with Crippen LogP contribution in [0.25, 0.3) is 0 Å². The van der Waals surface area contributed by atoms with Gasteiger partial charge in [-0.3, -0.25) is 9.59 Å². The molecule has 4 nitrogen and oxygen atoms in total. The smallest absolute Gasteiger partial charge is 0.227 e. The topological polar surface area (TPSA) is 58.2 Å². The van der Waals surface area contributed by atoms with Crippen LogP contribution in [0.3, 0.4) is 0 Å². The summed E-state index contributed by atoms with van der Waals surface area (Å²) in [6.07, 6.45) is 3.14. The van der Waals surface area contributed by atoms with Gasteiger partial charge in [0.15, 0.2) is 0 Å². The average molecular weight is 232 g/mol. The standard InChI is InChI=1S/C13H16N2O2/c1-9(16)14-11-5-7-12(8-6-11)15-13(17)10-3-2-4-10/h5-8,10H,2-4H2,1H3,(H,14,16)(H,15,17). The van der Waals surface area contributed by atoms with Crippen LogP contribution in [0, 0.1) is 5.92 Å². The van der Waals surface area contributed by atoms with Crippen LogP contribution in [0.2, 0.25) is 0 Å². The van der Waals surface area contributed by atoms with Gasteiger partial charge in [0.05, 0.1) is 0 Å². The second-order valence-electron chi connectivity index (χ2n) is 4.38. The van der Waals surface area contributed by atoms with Gasteiger partial charge in [-0.05, 0) is 37.1 Å². The predicted molar refractivity (Wildman–Crippen MR) is 66.7 cm³/mol. The minimum Gasteiger partial charge on any atom is -0.326 e. The summed E-state index contributed by atoms with van der Waals surface area (Å²) in [5.41, 5.74) is 1.51. The molecule has 1 fully saturated rings. The SMILES string of the molecule is CC(=O)Nc1ccc(NC(=O)C2CCC2)cc1. The monoisotopic (exact) mass is 232 g/mol. The second kappa shape index (κ2) is 4.99. The number of anilines is 2. The van der Waals surface area contributed by atoms with Gasteiger partial charge in [0.25, 0.3) is 0 Å². The fraction of sp³-hybridized carbons (Fsp3) is 0.385. The molecule has 0 unspecified atom stereocenters. The van der Waals surface area contributed by atoms with E-state index in [1.165, 1.54) is 6.92 Å². The van der Waals surface area contributed by atoms with E-state index in [0.29, 0.717) is 0 Å². The fourth-order valence-electron chi connectivity index (χ4n) is 1.75. The normalized spacial score (nSPS) is 14.9. The number of rotatable bonds is 3. The zero-order valence-electron chi connectivity index (χ0n) is 9.82. The van der Waals surface area contributed by atoms with Crippen LogP contribution in [0.1, 0.15) is 26.2 Å². The lowest BCUT2D eigenvalue weighted by atomic mass is 9.85. The lowest BCUT2D eigenvalue weighted by Crippen LogP contribution is -2.27. The van der Waals surface area contributed by atoms with Crippen LogP contribution in [0.15, 0.2) is 24.3 Å². The predicted octanol–water partition coefficient (Wildman–Crippen LogP) is 2.38. The van der Waals surface area contributed by atoms with E-state index in [1.54, 1.807) is 24.3 Å². The summed E-state index contributed by atoms with van der Waals surface area (Å²) in [6, 6.07) is 7.14. The maximum absolute atomic E-state index is 11.7. The molecule has 4 heteroatoms. The Morgan fingerprint density at radius 3 is 2.00 bits per heavy atom. The third kappa shape index (κ3) is 3.06. The van der Waals surface area contributed by atoms with Gasteiger partial charge in [-0.25, -0.2) is 0 Å². The molecule has 1 saturated carbocycles. The number of benzene rings is 1. The zero-order chi connectivity index (χ0) is 12.3. The second-order valence-corrected chi connectivity index (χ2v) is 4.38. The largest absolute Gasteiger partial charge is 0.326 e. The lowest BCUT2D eigenvalue weighted by Gasteiger charge is -2.24. The molecule has 0 aliphatic heterocycles. The summed E-state index contributed by atoms with van der Waals surface area (Å²) in [4.78, 5) is 22.5. The number of hydrogen-bond donors (Lipinski definition) is 2. The highest BCUT2D eigenvalue weighted by Gasteiger charge is 2.24. The summed E-state index contributed by atoms with van der Waals surface area (Å²) in [6.45, 7) is 1.46. The molecule has 1 aliphatic rings. The highest BCUT2D eigenvalue weighted by molar-refractivity contribution is 5.93.